The van der Waals surface area contributed by atoms with Crippen LogP contribution in [-0.4, -0.2) is 86.0 Å². The molecule has 0 radical (unpaired) electrons. The highest BCUT2D eigenvalue weighted by Gasteiger charge is 1.94. The second-order valence-electron chi connectivity index (χ2n) is 3.48. The molecule has 0 spiro atoms. The Balaban J connectivity index is -0.000000203. The summed E-state index contributed by atoms with van der Waals surface area (Å²) in [7, 11) is 6.62. The summed E-state index contributed by atoms with van der Waals surface area (Å²) in [5.74, 6) is -2.43. The lowest BCUT2D eigenvalue weighted by atomic mass is 10.6. The third-order valence-electron chi connectivity index (χ3n) is 1.11. The molecule has 0 aromatic carbocycles. The summed E-state index contributed by atoms with van der Waals surface area (Å²) in [4.78, 5) is 30.4. The van der Waals surface area contributed by atoms with Crippen molar-refractivity contribution in [3.8, 4) is 0 Å². The SMILES string of the molecule is CN(C)CC(=O)O.CNCC(=O)O.CNCC(=O)O. The molecule has 0 aromatic heterocycles. The molecule has 0 fully saturated rings. The molecule has 0 saturated carbocycles. The van der Waals surface area contributed by atoms with Crippen molar-refractivity contribution in [2.45, 2.75) is 0 Å². The Bertz CT molecular complexity index is 242. The third kappa shape index (κ3) is 48.4. The molecular weight excluding hydrogens is 258 g/mol. The van der Waals surface area contributed by atoms with Gasteiger partial charge in [0.2, 0.25) is 0 Å². The predicted molar refractivity (Wildman–Crippen MR) is 69.3 cm³/mol. The number of carbonyl (C=O) groups is 3. The molecule has 9 heteroatoms. The van der Waals surface area contributed by atoms with Gasteiger partial charge >= 0.3 is 17.9 Å². The minimum atomic E-state index is -0.822. The van der Waals surface area contributed by atoms with Crippen molar-refractivity contribution in [2.24, 2.45) is 0 Å². The van der Waals surface area contributed by atoms with Crippen molar-refractivity contribution in [3.05, 3.63) is 0 Å². The molecule has 0 aliphatic rings. The van der Waals surface area contributed by atoms with Gasteiger partial charge in [-0.2, -0.15) is 0 Å². The predicted octanol–water partition coefficient (Wildman–Crippen LogP) is -1.79. The van der Waals surface area contributed by atoms with Crippen molar-refractivity contribution in [1.29, 1.82) is 0 Å². The first-order valence-electron chi connectivity index (χ1n) is 5.26. The van der Waals surface area contributed by atoms with Crippen molar-refractivity contribution < 1.29 is 29.7 Å². The molecule has 0 aliphatic carbocycles. The molecule has 0 heterocycles. The van der Waals surface area contributed by atoms with E-state index in [4.69, 9.17) is 15.3 Å². The molecule has 0 unspecified atom stereocenters. The highest BCUT2D eigenvalue weighted by atomic mass is 16.4. The Morgan fingerprint density at radius 1 is 0.842 bits per heavy atom. The van der Waals surface area contributed by atoms with E-state index in [2.05, 4.69) is 10.6 Å². The van der Waals surface area contributed by atoms with E-state index in [1.165, 1.54) is 0 Å². The van der Waals surface area contributed by atoms with Crippen molar-refractivity contribution in [2.75, 3.05) is 47.8 Å². The van der Waals surface area contributed by atoms with Gasteiger partial charge in [0.25, 0.3) is 0 Å². The number of hydrogen-bond donors (Lipinski definition) is 5. The highest BCUT2D eigenvalue weighted by Crippen LogP contribution is 1.69. The molecule has 0 bridgehead atoms. The van der Waals surface area contributed by atoms with Crippen molar-refractivity contribution in [3.63, 3.8) is 0 Å². The van der Waals surface area contributed by atoms with Crippen LogP contribution in [0.2, 0.25) is 0 Å². The Kier molecular flexibility index (Phi) is 19.3. The summed E-state index contributed by atoms with van der Waals surface area (Å²) in [6, 6.07) is 0. The number of nitrogens with zero attached hydrogens (tertiary/aromatic N) is 1. The first-order chi connectivity index (χ1) is 8.67. The van der Waals surface area contributed by atoms with E-state index in [1.54, 1.807) is 33.1 Å². The lowest BCUT2D eigenvalue weighted by Gasteiger charge is -2.01. The van der Waals surface area contributed by atoms with E-state index < -0.39 is 17.9 Å². The Morgan fingerprint density at radius 3 is 1.16 bits per heavy atom. The maximum absolute atomic E-state index is 9.77. The first-order valence-corrected chi connectivity index (χ1v) is 5.26. The first kappa shape index (κ1) is 22.5. The average molecular weight is 281 g/mol. The fraction of sp³-hybridized carbons (Fsp3) is 0.700. The molecule has 0 amide bonds. The zero-order valence-corrected chi connectivity index (χ0v) is 11.6. The number of carboxylic acids is 3. The van der Waals surface area contributed by atoms with Crippen LogP contribution in [0.5, 0.6) is 0 Å². The van der Waals surface area contributed by atoms with Gasteiger partial charge in [-0.05, 0) is 28.2 Å². The monoisotopic (exact) mass is 281 g/mol. The van der Waals surface area contributed by atoms with Crippen LogP contribution < -0.4 is 10.6 Å². The number of likely N-dealkylation sites (N-methyl/N-ethyl adjacent to an activating group) is 3. The second kappa shape index (κ2) is 16.3. The van der Waals surface area contributed by atoms with Gasteiger partial charge in [0.15, 0.2) is 0 Å². The van der Waals surface area contributed by atoms with Crippen molar-refractivity contribution in [1.82, 2.24) is 15.5 Å². The van der Waals surface area contributed by atoms with Crippen LogP contribution in [0.1, 0.15) is 0 Å². The fourth-order valence-corrected chi connectivity index (χ4v) is 0.573. The van der Waals surface area contributed by atoms with Crippen LogP contribution in [0.4, 0.5) is 0 Å². The minimum absolute atomic E-state index is 0.0417. The zero-order chi connectivity index (χ0) is 15.8. The van der Waals surface area contributed by atoms with Crippen molar-refractivity contribution >= 4 is 17.9 Å². The average Bonchev–Trinajstić information content (AvgIpc) is 2.15. The molecule has 0 rings (SSSR count). The van der Waals surface area contributed by atoms with Gasteiger partial charge in [-0.15, -0.1) is 0 Å². The number of rotatable bonds is 6. The number of hydrogen-bond acceptors (Lipinski definition) is 6. The summed E-state index contributed by atoms with van der Waals surface area (Å²) >= 11 is 0. The lowest BCUT2D eigenvalue weighted by Crippen LogP contribution is -2.20. The molecule has 0 saturated heterocycles. The minimum Gasteiger partial charge on any atom is -0.480 e. The van der Waals surface area contributed by atoms with E-state index in [-0.39, 0.29) is 19.6 Å². The van der Waals surface area contributed by atoms with Crippen LogP contribution in [0, 0.1) is 0 Å². The van der Waals surface area contributed by atoms with E-state index in [0.29, 0.717) is 0 Å². The van der Waals surface area contributed by atoms with E-state index in [0.717, 1.165) is 0 Å². The molecule has 0 atom stereocenters. The van der Waals surface area contributed by atoms with Gasteiger partial charge in [0.1, 0.15) is 0 Å². The maximum atomic E-state index is 9.77. The quantitative estimate of drug-likeness (QED) is 0.382. The summed E-state index contributed by atoms with van der Waals surface area (Å²) in [6.45, 7) is 0.194. The smallest absolute Gasteiger partial charge is 0.317 e. The maximum Gasteiger partial charge on any atom is 0.317 e. The molecule has 0 aliphatic heterocycles. The summed E-state index contributed by atoms with van der Waals surface area (Å²) < 4.78 is 0. The van der Waals surface area contributed by atoms with E-state index >= 15 is 0 Å². The van der Waals surface area contributed by atoms with E-state index in [9.17, 15) is 14.4 Å². The standard InChI is InChI=1S/C4H9NO2.2C3H7NO2/c1-5(2)3-4(6)7;2*1-4-2-3(5)6/h3H2,1-2H3,(H,6,7);2*4H,2H2,1H3,(H,5,6). The Hall–Kier alpha value is -1.71. The fourth-order valence-electron chi connectivity index (χ4n) is 0.573. The number of aliphatic carboxylic acids is 3. The third-order valence-corrected chi connectivity index (χ3v) is 1.11. The summed E-state index contributed by atoms with van der Waals surface area (Å²) in [6.07, 6.45) is 0. The van der Waals surface area contributed by atoms with Gasteiger partial charge < -0.3 is 26.0 Å². The number of nitrogens with one attached hydrogen (secondary N) is 2. The van der Waals surface area contributed by atoms with Crippen LogP contribution in [-0.2, 0) is 14.4 Å². The molecule has 0 aromatic rings. The molecule has 9 nitrogen and oxygen atoms in total. The second-order valence-corrected chi connectivity index (χ2v) is 3.48. The highest BCUT2D eigenvalue weighted by molar-refractivity contribution is 5.69. The van der Waals surface area contributed by atoms with Crippen LogP contribution in [0.15, 0.2) is 0 Å². The van der Waals surface area contributed by atoms with Gasteiger partial charge in [-0.3, -0.25) is 19.3 Å². The number of carboxylic acid groups (broad SMARTS) is 3. The molecule has 114 valence electrons. The normalized spacial score (nSPS) is 8.68. The Morgan fingerprint density at radius 2 is 1.16 bits per heavy atom. The van der Waals surface area contributed by atoms with Gasteiger partial charge in [-0.1, -0.05) is 0 Å². The largest absolute Gasteiger partial charge is 0.480 e. The van der Waals surface area contributed by atoms with Crippen LogP contribution in [0.3, 0.4) is 0 Å². The molecular formula is C10H23N3O6. The van der Waals surface area contributed by atoms with E-state index in [1.807, 2.05) is 0 Å². The van der Waals surface area contributed by atoms with Crippen LogP contribution in [0.25, 0.3) is 0 Å². The van der Waals surface area contributed by atoms with Gasteiger partial charge in [0.05, 0.1) is 19.6 Å². The topological polar surface area (TPSA) is 139 Å². The lowest BCUT2D eigenvalue weighted by molar-refractivity contribution is -0.138. The zero-order valence-electron chi connectivity index (χ0n) is 11.6. The van der Waals surface area contributed by atoms with Crippen LogP contribution >= 0.6 is 0 Å². The van der Waals surface area contributed by atoms with Gasteiger partial charge in [0, 0.05) is 0 Å². The summed E-state index contributed by atoms with van der Waals surface area (Å²) in [5.41, 5.74) is 0. The Labute approximate surface area is 112 Å². The molecule has 19 heavy (non-hydrogen) atoms. The van der Waals surface area contributed by atoms with Gasteiger partial charge in [-0.25, -0.2) is 0 Å². The summed E-state index contributed by atoms with van der Waals surface area (Å²) in [5, 5.41) is 28.7. The molecule has 5 N–H and O–H groups in total.